The first-order valence-corrected chi connectivity index (χ1v) is 2.73. The normalized spacial score (nSPS) is 18.5. The van der Waals surface area contributed by atoms with Crippen LogP contribution in [0, 0.1) is 0 Å². The Labute approximate surface area is 61.7 Å². The van der Waals surface area contributed by atoms with Crippen molar-refractivity contribution in [3.05, 3.63) is 0 Å². The summed E-state index contributed by atoms with van der Waals surface area (Å²) in [5.74, 6) is -1.70. The zero-order valence-electron chi connectivity index (χ0n) is 5.41. The summed E-state index contributed by atoms with van der Waals surface area (Å²) in [6, 6.07) is 0. The van der Waals surface area contributed by atoms with Crippen LogP contribution in [-0.2, 0) is 9.59 Å². The minimum Gasteiger partial charge on any atom is -0.479 e. The van der Waals surface area contributed by atoms with E-state index in [-0.39, 0.29) is 6.29 Å². The quantitative estimate of drug-likeness (QED) is 0.337. The van der Waals surface area contributed by atoms with E-state index in [9.17, 15) is 9.59 Å². The molecule has 3 atom stereocenters. The smallest absolute Gasteiger partial charge is 0.335 e. The highest BCUT2D eigenvalue weighted by molar-refractivity contribution is 5.74. The van der Waals surface area contributed by atoms with Gasteiger partial charge in [0.15, 0.2) is 12.4 Å². The topological polar surface area (TPSA) is 115 Å². The number of carbonyl (C=O) groups is 2. The Balaban J connectivity index is 4.11. The molecule has 0 radical (unpaired) electrons. The molecular formula is C5H8O6. The first-order valence-electron chi connectivity index (χ1n) is 2.73. The van der Waals surface area contributed by atoms with Gasteiger partial charge in [-0.1, -0.05) is 0 Å². The van der Waals surface area contributed by atoms with E-state index in [0.29, 0.717) is 0 Å². The summed E-state index contributed by atoms with van der Waals surface area (Å²) in [5.41, 5.74) is 0. The lowest BCUT2D eigenvalue weighted by atomic mass is 10.1. The molecule has 0 aliphatic carbocycles. The van der Waals surface area contributed by atoms with Crippen LogP contribution in [0.4, 0.5) is 0 Å². The van der Waals surface area contributed by atoms with Crippen LogP contribution >= 0.6 is 0 Å². The van der Waals surface area contributed by atoms with Gasteiger partial charge in [0.1, 0.15) is 12.2 Å². The number of rotatable bonds is 4. The fourth-order valence-electron chi connectivity index (χ4n) is 0.413. The molecule has 0 saturated carbocycles. The standard InChI is InChI=1S/C5H8O6/c6-1-2(7)3(8)4(9)5(10)11/h1-4,7-9H,(H,10,11)/t2-,3+,4+/m0/s1. The fourth-order valence-corrected chi connectivity index (χ4v) is 0.413. The summed E-state index contributed by atoms with van der Waals surface area (Å²) < 4.78 is 0. The molecule has 0 saturated heterocycles. The molecule has 0 bridgehead atoms. The second-order valence-electron chi connectivity index (χ2n) is 1.90. The third-order valence-corrected chi connectivity index (χ3v) is 1.07. The van der Waals surface area contributed by atoms with Gasteiger partial charge in [0.25, 0.3) is 0 Å². The lowest BCUT2D eigenvalue weighted by Crippen LogP contribution is -2.42. The molecule has 0 amide bonds. The van der Waals surface area contributed by atoms with Gasteiger partial charge in [0.2, 0.25) is 0 Å². The van der Waals surface area contributed by atoms with Crippen molar-refractivity contribution >= 4 is 12.3 Å². The van der Waals surface area contributed by atoms with Crippen molar-refractivity contribution < 1.29 is 30.0 Å². The number of carbonyl (C=O) groups excluding carboxylic acids is 1. The highest BCUT2D eigenvalue weighted by atomic mass is 16.4. The monoisotopic (exact) mass is 164 g/mol. The molecular weight excluding hydrogens is 156 g/mol. The van der Waals surface area contributed by atoms with Crippen LogP contribution in [0.15, 0.2) is 0 Å². The molecule has 0 spiro atoms. The predicted octanol–water partition coefficient (Wildman–Crippen LogP) is -2.65. The fraction of sp³-hybridized carbons (Fsp3) is 0.600. The van der Waals surface area contributed by atoms with E-state index in [2.05, 4.69) is 0 Å². The second-order valence-corrected chi connectivity index (χ2v) is 1.90. The molecule has 64 valence electrons. The number of carboxylic acid groups (broad SMARTS) is 1. The summed E-state index contributed by atoms with van der Waals surface area (Å²) in [7, 11) is 0. The lowest BCUT2D eigenvalue weighted by molar-refractivity contribution is -0.158. The summed E-state index contributed by atoms with van der Waals surface area (Å²) in [6.45, 7) is 0. The maximum absolute atomic E-state index is 9.92. The molecule has 0 fully saturated rings. The van der Waals surface area contributed by atoms with Crippen LogP contribution in [-0.4, -0.2) is 51.0 Å². The number of hydrogen-bond acceptors (Lipinski definition) is 5. The summed E-state index contributed by atoms with van der Waals surface area (Å²) in [6.07, 6.45) is -6.06. The van der Waals surface area contributed by atoms with Gasteiger partial charge in [-0.3, -0.25) is 0 Å². The number of aldehydes is 1. The number of carboxylic acids is 1. The molecule has 0 aliphatic rings. The van der Waals surface area contributed by atoms with E-state index >= 15 is 0 Å². The van der Waals surface area contributed by atoms with Crippen LogP contribution in [0.1, 0.15) is 0 Å². The summed E-state index contributed by atoms with van der Waals surface area (Å²) in [4.78, 5) is 19.7. The van der Waals surface area contributed by atoms with Crippen molar-refractivity contribution in [1.29, 1.82) is 0 Å². The van der Waals surface area contributed by atoms with Gasteiger partial charge in [0.05, 0.1) is 0 Å². The van der Waals surface area contributed by atoms with E-state index < -0.39 is 24.3 Å². The van der Waals surface area contributed by atoms with Gasteiger partial charge < -0.3 is 25.2 Å². The van der Waals surface area contributed by atoms with Crippen molar-refractivity contribution in [2.75, 3.05) is 0 Å². The summed E-state index contributed by atoms with van der Waals surface area (Å²) >= 11 is 0. The maximum atomic E-state index is 9.92. The molecule has 0 unspecified atom stereocenters. The first-order chi connectivity index (χ1) is 5.00. The lowest BCUT2D eigenvalue weighted by Gasteiger charge is -2.14. The van der Waals surface area contributed by atoms with E-state index in [1.807, 2.05) is 0 Å². The molecule has 6 nitrogen and oxygen atoms in total. The van der Waals surface area contributed by atoms with E-state index in [1.165, 1.54) is 0 Å². The average molecular weight is 164 g/mol. The minimum absolute atomic E-state index is 0.0587. The number of aliphatic hydroxyl groups is 3. The first kappa shape index (κ1) is 10.0. The molecule has 0 heterocycles. The summed E-state index contributed by atoms with van der Waals surface area (Å²) in [5, 5.41) is 33.7. The number of aliphatic carboxylic acids is 1. The molecule has 0 aromatic heterocycles. The van der Waals surface area contributed by atoms with Crippen molar-refractivity contribution in [3.8, 4) is 0 Å². The SMILES string of the molecule is O=C[C@H](O)[C@@H](O)[C@@H](O)C(=O)O. The van der Waals surface area contributed by atoms with E-state index in [4.69, 9.17) is 20.4 Å². The van der Waals surface area contributed by atoms with Gasteiger partial charge in [-0.15, -0.1) is 0 Å². The van der Waals surface area contributed by atoms with Gasteiger partial charge in [-0.05, 0) is 0 Å². The van der Waals surface area contributed by atoms with Gasteiger partial charge in [0, 0.05) is 0 Å². The van der Waals surface area contributed by atoms with Gasteiger partial charge >= 0.3 is 5.97 Å². The zero-order valence-corrected chi connectivity index (χ0v) is 5.41. The molecule has 0 aromatic carbocycles. The van der Waals surface area contributed by atoms with Crippen LogP contribution in [0.2, 0.25) is 0 Å². The third kappa shape index (κ3) is 2.62. The Morgan fingerprint density at radius 3 is 2.00 bits per heavy atom. The third-order valence-electron chi connectivity index (χ3n) is 1.07. The minimum atomic E-state index is -2.14. The zero-order chi connectivity index (χ0) is 9.02. The van der Waals surface area contributed by atoms with Crippen molar-refractivity contribution in [2.45, 2.75) is 18.3 Å². The van der Waals surface area contributed by atoms with Crippen LogP contribution in [0.3, 0.4) is 0 Å². The van der Waals surface area contributed by atoms with Crippen molar-refractivity contribution in [3.63, 3.8) is 0 Å². The predicted molar refractivity (Wildman–Crippen MR) is 31.7 cm³/mol. The largest absolute Gasteiger partial charge is 0.479 e. The Morgan fingerprint density at radius 1 is 1.27 bits per heavy atom. The Bertz CT molecular complexity index is 155. The highest BCUT2D eigenvalue weighted by Gasteiger charge is 2.29. The molecule has 4 N–H and O–H groups in total. The van der Waals surface area contributed by atoms with E-state index in [0.717, 1.165) is 0 Å². The van der Waals surface area contributed by atoms with Gasteiger partial charge in [-0.2, -0.15) is 0 Å². The number of aliphatic hydroxyl groups excluding tert-OH is 3. The van der Waals surface area contributed by atoms with Crippen molar-refractivity contribution in [2.24, 2.45) is 0 Å². The maximum Gasteiger partial charge on any atom is 0.335 e. The second kappa shape index (κ2) is 4.02. The van der Waals surface area contributed by atoms with Crippen LogP contribution in [0.25, 0.3) is 0 Å². The van der Waals surface area contributed by atoms with Gasteiger partial charge in [-0.25, -0.2) is 4.79 Å². The average Bonchev–Trinajstić information content (AvgIpc) is 2.00. The Morgan fingerprint density at radius 2 is 1.73 bits per heavy atom. The molecule has 0 aliphatic heterocycles. The van der Waals surface area contributed by atoms with Crippen LogP contribution in [0.5, 0.6) is 0 Å². The molecule has 0 aromatic rings. The van der Waals surface area contributed by atoms with Crippen molar-refractivity contribution in [1.82, 2.24) is 0 Å². The van der Waals surface area contributed by atoms with Crippen LogP contribution < -0.4 is 0 Å². The Hall–Kier alpha value is -0.980. The number of hydrogen-bond donors (Lipinski definition) is 4. The molecule has 0 rings (SSSR count). The molecule has 6 heteroatoms. The highest BCUT2D eigenvalue weighted by Crippen LogP contribution is 1.97. The van der Waals surface area contributed by atoms with E-state index in [1.54, 1.807) is 0 Å². The molecule has 11 heavy (non-hydrogen) atoms. The Kier molecular flexibility index (Phi) is 3.66.